The molecule has 2 amide bonds. The summed E-state index contributed by atoms with van der Waals surface area (Å²) in [6.07, 6.45) is 0. The van der Waals surface area contributed by atoms with Gasteiger partial charge in [0.15, 0.2) is 5.13 Å². The lowest BCUT2D eigenvalue weighted by Gasteiger charge is -2.23. The maximum Gasteiger partial charge on any atom is 0.254 e. The maximum atomic E-state index is 12.9. The van der Waals surface area contributed by atoms with Gasteiger partial charge in [0.2, 0.25) is 5.91 Å². The van der Waals surface area contributed by atoms with E-state index in [1.807, 2.05) is 53.1 Å². The van der Waals surface area contributed by atoms with Gasteiger partial charge in [-0.25, -0.2) is 4.98 Å². The number of benzene rings is 1. The fourth-order valence-electron chi connectivity index (χ4n) is 2.45. The summed E-state index contributed by atoms with van der Waals surface area (Å²) in [7, 11) is 4.05. The molecular weight excluding hydrogens is 348 g/mol. The Kier molecular flexibility index (Phi) is 6.88. The smallest absolute Gasteiger partial charge is 0.254 e. The van der Waals surface area contributed by atoms with Crippen LogP contribution in [0.25, 0.3) is 0 Å². The number of hydrogen-bond donors (Lipinski definition) is 2. The van der Waals surface area contributed by atoms with Crippen molar-refractivity contribution in [2.45, 2.75) is 20.8 Å². The van der Waals surface area contributed by atoms with E-state index in [9.17, 15) is 9.59 Å². The van der Waals surface area contributed by atoms with Gasteiger partial charge in [0.1, 0.15) is 6.54 Å². The van der Waals surface area contributed by atoms with Crippen LogP contribution in [0.2, 0.25) is 0 Å². The van der Waals surface area contributed by atoms with Gasteiger partial charge in [-0.05, 0) is 32.4 Å². The largest absolute Gasteiger partial charge is 0.338 e. The van der Waals surface area contributed by atoms with E-state index in [0.29, 0.717) is 17.2 Å². The molecular formula is C19H27N4O2S+. The van der Waals surface area contributed by atoms with Crippen molar-refractivity contribution in [3.63, 3.8) is 0 Å². The van der Waals surface area contributed by atoms with Crippen LogP contribution in [0.5, 0.6) is 0 Å². The molecule has 6 nitrogen and oxygen atoms in total. The molecule has 0 aliphatic rings. The SMILES string of the molecule is Cc1ccccc1C(=O)N(CC[NH+](C)C)CC(=O)Nc1nc(C)c(C)s1. The minimum Gasteiger partial charge on any atom is -0.338 e. The lowest BCUT2D eigenvalue weighted by atomic mass is 10.1. The molecule has 0 aliphatic carbocycles. The summed E-state index contributed by atoms with van der Waals surface area (Å²) in [6.45, 7) is 7.08. The molecule has 0 atom stereocenters. The highest BCUT2D eigenvalue weighted by molar-refractivity contribution is 7.15. The van der Waals surface area contributed by atoms with Crippen molar-refractivity contribution >= 4 is 28.3 Å². The Bertz CT molecular complexity index is 766. The first-order chi connectivity index (χ1) is 12.3. The van der Waals surface area contributed by atoms with Crippen molar-refractivity contribution in [3.8, 4) is 0 Å². The zero-order valence-corrected chi connectivity index (χ0v) is 16.9. The first-order valence-corrected chi connectivity index (χ1v) is 9.47. The molecule has 2 aromatic rings. The average Bonchev–Trinajstić information content (AvgIpc) is 2.88. The minimum absolute atomic E-state index is 0.0120. The Morgan fingerprint density at radius 1 is 1.19 bits per heavy atom. The van der Waals surface area contributed by atoms with Crippen molar-refractivity contribution in [1.29, 1.82) is 0 Å². The van der Waals surface area contributed by atoms with Crippen LogP contribution in [-0.4, -0.2) is 55.4 Å². The topological polar surface area (TPSA) is 66.7 Å². The highest BCUT2D eigenvalue weighted by Crippen LogP contribution is 2.21. The normalized spacial score (nSPS) is 10.8. The van der Waals surface area contributed by atoms with E-state index in [1.54, 1.807) is 11.0 Å². The summed E-state index contributed by atoms with van der Waals surface area (Å²) in [5, 5.41) is 3.39. The number of nitrogens with zero attached hydrogens (tertiary/aromatic N) is 2. The van der Waals surface area contributed by atoms with Crippen molar-refractivity contribution in [2.75, 3.05) is 39.0 Å². The summed E-state index contributed by atoms with van der Waals surface area (Å²) in [4.78, 5) is 33.6. The van der Waals surface area contributed by atoms with Crippen molar-refractivity contribution in [1.82, 2.24) is 9.88 Å². The van der Waals surface area contributed by atoms with E-state index in [4.69, 9.17) is 0 Å². The first kappa shape index (κ1) is 20.1. The maximum absolute atomic E-state index is 12.9. The van der Waals surface area contributed by atoms with Gasteiger partial charge < -0.3 is 15.1 Å². The van der Waals surface area contributed by atoms with E-state index >= 15 is 0 Å². The Morgan fingerprint density at radius 2 is 1.88 bits per heavy atom. The molecule has 1 heterocycles. The van der Waals surface area contributed by atoms with Crippen molar-refractivity contribution < 1.29 is 14.5 Å². The second kappa shape index (κ2) is 8.91. The fourth-order valence-corrected chi connectivity index (χ4v) is 3.28. The van der Waals surface area contributed by atoms with Crippen LogP contribution in [0.3, 0.4) is 0 Å². The Balaban J connectivity index is 2.12. The van der Waals surface area contributed by atoms with Gasteiger partial charge >= 0.3 is 0 Å². The molecule has 0 fully saturated rings. The van der Waals surface area contributed by atoms with Gasteiger partial charge in [0, 0.05) is 10.4 Å². The van der Waals surface area contributed by atoms with Crippen LogP contribution >= 0.6 is 11.3 Å². The van der Waals surface area contributed by atoms with Crippen LogP contribution in [0.4, 0.5) is 5.13 Å². The number of rotatable bonds is 7. The monoisotopic (exact) mass is 375 g/mol. The van der Waals surface area contributed by atoms with Gasteiger partial charge in [-0.1, -0.05) is 18.2 Å². The number of carbonyl (C=O) groups excluding carboxylic acids is 2. The predicted octanol–water partition coefficient (Wildman–Crippen LogP) is 1.29. The van der Waals surface area contributed by atoms with E-state index in [2.05, 4.69) is 10.3 Å². The minimum atomic E-state index is -0.227. The first-order valence-electron chi connectivity index (χ1n) is 8.65. The van der Waals surface area contributed by atoms with E-state index < -0.39 is 0 Å². The number of aromatic nitrogens is 1. The summed E-state index contributed by atoms with van der Waals surface area (Å²) in [5.74, 6) is -0.347. The molecule has 0 radical (unpaired) electrons. The van der Waals surface area contributed by atoms with Crippen LogP contribution in [-0.2, 0) is 4.79 Å². The van der Waals surface area contributed by atoms with E-state index in [-0.39, 0.29) is 18.4 Å². The highest BCUT2D eigenvalue weighted by atomic mass is 32.1. The fraction of sp³-hybridized carbons (Fsp3) is 0.421. The Morgan fingerprint density at radius 3 is 2.46 bits per heavy atom. The number of nitrogens with one attached hydrogen (secondary N) is 2. The molecule has 0 saturated heterocycles. The molecule has 1 aromatic carbocycles. The van der Waals surface area contributed by atoms with E-state index in [0.717, 1.165) is 22.7 Å². The van der Waals surface area contributed by atoms with Crippen molar-refractivity contribution in [3.05, 3.63) is 46.0 Å². The Labute approximate surface area is 158 Å². The lowest BCUT2D eigenvalue weighted by Crippen LogP contribution is -3.06. The van der Waals surface area contributed by atoms with Crippen molar-refractivity contribution in [2.24, 2.45) is 0 Å². The molecule has 26 heavy (non-hydrogen) atoms. The Hall–Kier alpha value is -2.25. The van der Waals surface area contributed by atoms with Crippen LogP contribution in [0.15, 0.2) is 24.3 Å². The summed E-state index contributed by atoms with van der Waals surface area (Å²) in [6, 6.07) is 7.46. The van der Waals surface area contributed by atoms with Crippen LogP contribution < -0.4 is 10.2 Å². The number of amides is 2. The highest BCUT2D eigenvalue weighted by Gasteiger charge is 2.21. The van der Waals surface area contributed by atoms with Gasteiger partial charge in [0.05, 0.1) is 32.9 Å². The predicted molar refractivity (Wildman–Crippen MR) is 105 cm³/mol. The van der Waals surface area contributed by atoms with Gasteiger partial charge in [0.25, 0.3) is 5.91 Å². The quantitative estimate of drug-likeness (QED) is 0.766. The van der Waals surface area contributed by atoms with Gasteiger partial charge in [-0.2, -0.15) is 0 Å². The molecule has 0 bridgehead atoms. The third-order valence-corrected chi connectivity index (χ3v) is 5.14. The average molecular weight is 376 g/mol. The summed E-state index contributed by atoms with van der Waals surface area (Å²) >= 11 is 1.44. The number of anilines is 1. The number of hydrogen-bond acceptors (Lipinski definition) is 4. The molecule has 2 N–H and O–H groups in total. The number of likely N-dealkylation sites (N-methyl/N-ethyl adjacent to an activating group) is 1. The zero-order chi connectivity index (χ0) is 19.3. The molecule has 140 valence electrons. The second-order valence-electron chi connectivity index (χ2n) is 6.71. The van der Waals surface area contributed by atoms with Crippen LogP contribution in [0.1, 0.15) is 26.5 Å². The molecule has 1 aromatic heterocycles. The molecule has 0 aliphatic heterocycles. The number of carbonyl (C=O) groups is 2. The summed E-state index contributed by atoms with van der Waals surface area (Å²) in [5.41, 5.74) is 2.45. The number of aryl methyl sites for hydroxylation is 3. The summed E-state index contributed by atoms with van der Waals surface area (Å²) < 4.78 is 0. The molecule has 0 unspecified atom stereocenters. The third kappa shape index (κ3) is 5.37. The standard InChI is InChI=1S/C19H26N4O2S/c1-13-8-6-7-9-16(13)18(25)23(11-10-22(4)5)12-17(24)21-19-20-14(2)15(3)26-19/h6-9H,10-12H2,1-5H3,(H,20,21,24)/p+1. The number of quaternary nitrogens is 1. The second-order valence-corrected chi connectivity index (χ2v) is 7.91. The molecule has 0 spiro atoms. The third-order valence-electron chi connectivity index (χ3n) is 4.15. The molecule has 0 saturated carbocycles. The molecule has 2 rings (SSSR count). The van der Waals surface area contributed by atoms with Gasteiger partial charge in [-0.15, -0.1) is 11.3 Å². The lowest BCUT2D eigenvalue weighted by molar-refractivity contribution is -0.857. The van der Waals surface area contributed by atoms with Crippen LogP contribution in [0, 0.1) is 20.8 Å². The molecule has 7 heteroatoms. The van der Waals surface area contributed by atoms with E-state index in [1.165, 1.54) is 16.2 Å². The zero-order valence-electron chi connectivity index (χ0n) is 16.0. The number of thiazole rings is 1. The van der Waals surface area contributed by atoms with Gasteiger partial charge in [-0.3, -0.25) is 9.59 Å².